The molecule has 18 heavy (non-hydrogen) atoms. The molecule has 0 spiro atoms. The Bertz CT molecular complexity index is 477. The van der Waals surface area contributed by atoms with Crippen molar-refractivity contribution < 1.29 is 13.5 Å². The fourth-order valence-electron chi connectivity index (χ4n) is 1.82. The normalized spacial score (nSPS) is 16.1. The maximum Gasteiger partial charge on any atom is 0.250 e. The average Bonchev–Trinajstić information content (AvgIpc) is 3.03. The zero-order valence-electron chi connectivity index (χ0n) is 10.3. The van der Waals surface area contributed by atoms with Crippen LogP contribution in [0.2, 0.25) is 0 Å². The van der Waals surface area contributed by atoms with Gasteiger partial charge in [0.15, 0.2) is 0 Å². The lowest BCUT2D eigenvalue weighted by atomic mass is 10.2. The van der Waals surface area contributed by atoms with Crippen molar-refractivity contribution in [3.63, 3.8) is 0 Å². The Hall–Kier alpha value is -0.430. The monoisotopic (exact) mass is 289 g/mol. The number of nitrogens with one attached hydrogen (secondary N) is 1. The highest BCUT2D eigenvalue weighted by Crippen LogP contribution is 2.33. The summed E-state index contributed by atoms with van der Waals surface area (Å²) in [4.78, 5) is 0.899. The zero-order valence-corrected chi connectivity index (χ0v) is 11.9. The van der Waals surface area contributed by atoms with Crippen molar-refractivity contribution in [2.24, 2.45) is 5.92 Å². The first-order valence-electron chi connectivity index (χ1n) is 6.31. The average molecular weight is 289 g/mol. The molecule has 0 unspecified atom stereocenters. The van der Waals surface area contributed by atoms with Crippen LogP contribution in [0.5, 0.6) is 0 Å². The summed E-state index contributed by atoms with van der Waals surface area (Å²) in [6, 6.07) is 3.37. The summed E-state index contributed by atoms with van der Waals surface area (Å²) < 4.78 is 26.9. The van der Waals surface area contributed by atoms with Crippen LogP contribution in [-0.4, -0.2) is 26.7 Å². The van der Waals surface area contributed by atoms with Gasteiger partial charge in [0.25, 0.3) is 0 Å². The van der Waals surface area contributed by atoms with Crippen molar-refractivity contribution in [3.05, 3.63) is 17.0 Å². The molecule has 1 aromatic rings. The van der Waals surface area contributed by atoms with Gasteiger partial charge in [0, 0.05) is 24.4 Å². The predicted molar refractivity (Wildman–Crippen MR) is 72.3 cm³/mol. The van der Waals surface area contributed by atoms with Gasteiger partial charge in [-0.25, -0.2) is 13.1 Å². The molecule has 102 valence electrons. The molecule has 1 aliphatic rings. The molecule has 1 aliphatic carbocycles. The molecule has 1 fully saturated rings. The van der Waals surface area contributed by atoms with Gasteiger partial charge in [-0.2, -0.15) is 0 Å². The van der Waals surface area contributed by atoms with Gasteiger partial charge in [0.05, 0.1) is 0 Å². The van der Waals surface area contributed by atoms with Crippen LogP contribution >= 0.6 is 11.3 Å². The van der Waals surface area contributed by atoms with Crippen molar-refractivity contribution in [1.29, 1.82) is 0 Å². The molecule has 0 aliphatic heterocycles. The second-order valence-corrected chi connectivity index (χ2v) is 7.84. The lowest BCUT2D eigenvalue weighted by molar-refractivity contribution is 0.300. The molecule has 1 saturated carbocycles. The van der Waals surface area contributed by atoms with Gasteiger partial charge in [-0.15, -0.1) is 11.3 Å². The first-order valence-corrected chi connectivity index (χ1v) is 8.61. The van der Waals surface area contributed by atoms with Crippen molar-refractivity contribution in [2.75, 3.05) is 13.2 Å². The van der Waals surface area contributed by atoms with Crippen molar-refractivity contribution in [1.82, 2.24) is 4.72 Å². The van der Waals surface area contributed by atoms with E-state index in [0.717, 1.165) is 23.6 Å². The van der Waals surface area contributed by atoms with Crippen molar-refractivity contribution >= 4 is 21.4 Å². The Kier molecular flexibility index (Phi) is 4.77. The minimum atomic E-state index is -3.35. The minimum Gasteiger partial charge on any atom is -0.396 e. The Morgan fingerprint density at radius 3 is 2.83 bits per heavy atom. The number of aliphatic hydroxyl groups is 1. The van der Waals surface area contributed by atoms with Gasteiger partial charge in [0.1, 0.15) is 4.21 Å². The first kappa shape index (κ1) is 14.0. The topological polar surface area (TPSA) is 66.4 Å². The van der Waals surface area contributed by atoms with Crippen LogP contribution in [0.3, 0.4) is 0 Å². The van der Waals surface area contributed by atoms with Gasteiger partial charge < -0.3 is 5.11 Å². The van der Waals surface area contributed by atoms with Crippen LogP contribution in [0.4, 0.5) is 0 Å². The van der Waals surface area contributed by atoms with Gasteiger partial charge in [-0.1, -0.05) is 12.8 Å². The van der Waals surface area contributed by atoms with Gasteiger partial charge >= 0.3 is 0 Å². The lowest BCUT2D eigenvalue weighted by Crippen LogP contribution is -2.24. The van der Waals surface area contributed by atoms with E-state index in [2.05, 4.69) is 4.72 Å². The smallest absolute Gasteiger partial charge is 0.250 e. The molecule has 0 amide bonds. The number of sulfonamides is 1. The molecule has 1 heterocycles. The Balaban J connectivity index is 1.83. The third kappa shape index (κ3) is 4.05. The van der Waals surface area contributed by atoms with Crippen molar-refractivity contribution in [2.45, 2.75) is 36.3 Å². The number of hydrogen-bond acceptors (Lipinski definition) is 4. The van der Waals surface area contributed by atoms with Crippen molar-refractivity contribution in [3.8, 4) is 0 Å². The standard InChI is InChI=1S/C12H19NO3S2/c14-9-7-11-5-6-12(17-11)18(15,16)13-8-1-2-10-3-4-10/h5-6,10,13-14H,1-4,7-9H2. The number of rotatable bonds is 8. The molecular formula is C12H19NO3S2. The summed E-state index contributed by atoms with van der Waals surface area (Å²) in [6.45, 7) is 0.570. The van der Waals surface area contributed by atoms with Gasteiger partial charge in [0.2, 0.25) is 10.0 Å². The molecule has 0 aromatic carbocycles. The lowest BCUT2D eigenvalue weighted by Gasteiger charge is -2.04. The highest BCUT2D eigenvalue weighted by molar-refractivity contribution is 7.91. The molecule has 2 N–H and O–H groups in total. The number of aliphatic hydroxyl groups excluding tert-OH is 1. The Morgan fingerprint density at radius 2 is 2.17 bits per heavy atom. The summed E-state index contributed by atoms with van der Waals surface area (Å²) in [5.41, 5.74) is 0. The molecule has 0 bridgehead atoms. The van der Waals surface area contributed by atoms with E-state index < -0.39 is 10.0 Å². The van der Waals surface area contributed by atoms with Gasteiger partial charge in [-0.05, 0) is 30.9 Å². The third-order valence-electron chi connectivity index (χ3n) is 3.04. The van der Waals surface area contributed by atoms with Crippen LogP contribution in [0.25, 0.3) is 0 Å². The maximum atomic E-state index is 11.9. The molecule has 0 saturated heterocycles. The van der Waals surface area contributed by atoms with E-state index in [1.807, 2.05) is 0 Å². The van der Waals surface area contributed by atoms with E-state index in [0.29, 0.717) is 17.2 Å². The van der Waals surface area contributed by atoms with Crippen LogP contribution in [0, 0.1) is 5.92 Å². The maximum absolute atomic E-state index is 11.9. The van der Waals surface area contributed by atoms with Crippen LogP contribution in [0.15, 0.2) is 16.3 Å². The van der Waals surface area contributed by atoms with E-state index in [1.165, 1.54) is 24.2 Å². The molecule has 1 aromatic heterocycles. The largest absolute Gasteiger partial charge is 0.396 e. The van der Waals surface area contributed by atoms with E-state index >= 15 is 0 Å². The highest BCUT2D eigenvalue weighted by Gasteiger charge is 2.21. The Labute approximate surface area is 112 Å². The second kappa shape index (κ2) is 6.14. The van der Waals surface area contributed by atoms with Crippen LogP contribution in [-0.2, 0) is 16.4 Å². The Morgan fingerprint density at radius 1 is 1.39 bits per heavy atom. The highest BCUT2D eigenvalue weighted by atomic mass is 32.2. The van der Waals surface area contributed by atoms with E-state index in [1.54, 1.807) is 12.1 Å². The first-order chi connectivity index (χ1) is 8.62. The fraction of sp³-hybridized carbons (Fsp3) is 0.667. The summed E-state index contributed by atoms with van der Waals surface area (Å²) in [7, 11) is -3.35. The zero-order chi connectivity index (χ0) is 13.0. The quantitative estimate of drug-likeness (QED) is 0.717. The van der Waals surface area contributed by atoms with Crippen LogP contribution < -0.4 is 4.72 Å². The predicted octanol–water partition coefficient (Wildman–Crippen LogP) is 1.75. The van der Waals surface area contributed by atoms with E-state index in [9.17, 15) is 8.42 Å². The fourth-order valence-corrected chi connectivity index (χ4v) is 4.29. The summed E-state index contributed by atoms with van der Waals surface area (Å²) in [6.07, 6.45) is 5.17. The summed E-state index contributed by atoms with van der Waals surface area (Å²) in [5.74, 6) is 0.840. The van der Waals surface area contributed by atoms with E-state index in [4.69, 9.17) is 5.11 Å². The molecule has 0 radical (unpaired) electrons. The van der Waals surface area contributed by atoms with Crippen LogP contribution in [0.1, 0.15) is 30.6 Å². The number of hydrogen-bond donors (Lipinski definition) is 2. The third-order valence-corrected chi connectivity index (χ3v) is 6.14. The van der Waals surface area contributed by atoms with E-state index in [-0.39, 0.29) is 6.61 Å². The molecule has 6 heteroatoms. The second-order valence-electron chi connectivity index (χ2n) is 4.68. The molecular weight excluding hydrogens is 270 g/mol. The molecule has 4 nitrogen and oxygen atoms in total. The molecule has 0 atom stereocenters. The minimum absolute atomic E-state index is 0.0504. The summed E-state index contributed by atoms with van der Waals surface area (Å²) >= 11 is 1.23. The molecule has 2 rings (SSSR count). The summed E-state index contributed by atoms with van der Waals surface area (Å²) in [5, 5.41) is 8.80. The van der Waals surface area contributed by atoms with Gasteiger partial charge in [-0.3, -0.25) is 0 Å². The SMILES string of the molecule is O=S(=O)(NCCCC1CC1)c1ccc(CCO)s1. The number of thiophene rings is 1.